The maximum Gasteiger partial charge on any atom is 0.416 e. The highest BCUT2D eigenvalue weighted by atomic mass is 19.4. The van der Waals surface area contributed by atoms with Gasteiger partial charge < -0.3 is 19.9 Å². The van der Waals surface area contributed by atoms with E-state index < -0.39 is 24.3 Å². The summed E-state index contributed by atoms with van der Waals surface area (Å²) < 4.78 is 60.4. The van der Waals surface area contributed by atoms with Gasteiger partial charge in [0.15, 0.2) is 0 Å². The van der Waals surface area contributed by atoms with Gasteiger partial charge in [-0.3, -0.25) is 9.69 Å². The van der Waals surface area contributed by atoms with Crippen molar-refractivity contribution in [3.8, 4) is 5.75 Å². The van der Waals surface area contributed by atoms with E-state index in [4.69, 9.17) is 4.74 Å². The second kappa shape index (κ2) is 9.40. The Balaban J connectivity index is 1.68. The van der Waals surface area contributed by atoms with Crippen molar-refractivity contribution >= 4 is 5.91 Å². The number of carbonyl (C=O) groups excluding carboxylic acids is 1. The zero-order chi connectivity index (χ0) is 26.4. The van der Waals surface area contributed by atoms with Gasteiger partial charge in [0.25, 0.3) is 12.3 Å². The van der Waals surface area contributed by atoms with Crippen molar-refractivity contribution in [2.24, 2.45) is 0 Å². The van der Waals surface area contributed by atoms with E-state index in [1.54, 1.807) is 23.9 Å². The molecule has 0 saturated carbocycles. The molecule has 2 aromatic carbocycles. The molecule has 1 N–H and O–H groups in total. The van der Waals surface area contributed by atoms with Crippen molar-refractivity contribution in [2.45, 2.75) is 39.0 Å². The van der Waals surface area contributed by atoms with Gasteiger partial charge in [-0.2, -0.15) is 13.2 Å². The first-order valence-corrected chi connectivity index (χ1v) is 11.4. The highest BCUT2D eigenvalue weighted by Gasteiger charge is 2.44. The van der Waals surface area contributed by atoms with E-state index in [1.807, 2.05) is 31.2 Å². The summed E-state index contributed by atoms with van der Waals surface area (Å²) in [4.78, 5) is 18.0. The van der Waals surface area contributed by atoms with Crippen LogP contribution in [-0.4, -0.2) is 47.6 Å². The van der Waals surface area contributed by atoms with Gasteiger partial charge in [0.2, 0.25) is 0 Å². The third-order valence-corrected chi connectivity index (χ3v) is 6.40. The Morgan fingerprint density at radius 2 is 1.78 bits per heavy atom. The lowest BCUT2D eigenvalue weighted by molar-refractivity contribution is -0.137. The van der Waals surface area contributed by atoms with Crippen LogP contribution in [0.15, 0.2) is 66.4 Å². The van der Waals surface area contributed by atoms with Crippen molar-refractivity contribution in [1.82, 2.24) is 20.0 Å². The van der Waals surface area contributed by atoms with Gasteiger partial charge in [0.05, 0.1) is 5.56 Å². The van der Waals surface area contributed by atoms with Crippen LogP contribution >= 0.6 is 0 Å². The molecule has 0 bridgehead atoms. The Bertz CT molecular complexity index is 1210. The van der Waals surface area contributed by atoms with E-state index in [0.717, 1.165) is 30.2 Å². The van der Waals surface area contributed by atoms with Crippen LogP contribution < -0.4 is 10.1 Å². The maximum absolute atomic E-state index is 14.0. The van der Waals surface area contributed by atoms with Gasteiger partial charge in [0.1, 0.15) is 29.3 Å². The molecule has 2 aliphatic rings. The van der Waals surface area contributed by atoms with Crippen LogP contribution in [0.25, 0.3) is 0 Å². The fourth-order valence-electron chi connectivity index (χ4n) is 4.17. The van der Waals surface area contributed by atoms with Crippen molar-refractivity contribution in [2.75, 3.05) is 20.6 Å². The molecule has 2 atom stereocenters. The van der Waals surface area contributed by atoms with E-state index in [0.29, 0.717) is 30.3 Å². The molecule has 0 spiro atoms. The normalized spacial score (nSPS) is 19.0. The number of carbonyl (C=O) groups is 1. The highest BCUT2D eigenvalue weighted by Crippen LogP contribution is 2.37. The van der Waals surface area contributed by atoms with Gasteiger partial charge in [-0.1, -0.05) is 36.4 Å². The predicted octanol–water partition coefficient (Wildman–Crippen LogP) is 4.90. The lowest BCUT2D eigenvalue weighted by Crippen LogP contribution is -2.45. The standard InChI is InChI=1S/C26H28F4N4O2/c1-15-6-8-18(9-7-15)10-11-34-22-23(32(4)17(3)33(5)24(22)35)31-25(34)36-21-13-19(16(2)27)12-20(14-21)26(28,29)30/h6-9,12-14,16,25,31H,3,10-11H2,1-2,4-5H3. The number of hydrogen-bond acceptors (Lipinski definition) is 5. The second-order valence-corrected chi connectivity index (χ2v) is 8.98. The number of aryl methyl sites for hydroxylation is 1. The first-order chi connectivity index (χ1) is 16.9. The van der Waals surface area contributed by atoms with Crippen LogP contribution in [0, 0.1) is 6.92 Å². The monoisotopic (exact) mass is 504 g/mol. The predicted molar refractivity (Wildman–Crippen MR) is 127 cm³/mol. The van der Waals surface area contributed by atoms with E-state index in [9.17, 15) is 22.4 Å². The van der Waals surface area contributed by atoms with Crippen LogP contribution in [0.3, 0.4) is 0 Å². The number of benzene rings is 2. The summed E-state index contributed by atoms with van der Waals surface area (Å²) in [6.45, 7) is 7.41. The molecule has 4 rings (SSSR count). The van der Waals surface area contributed by atoms with Gasteiger partial charge in [-0.25, -0.2) is 4.39 Å². The van der Waals surface area contributed by atoms with Gasteiger partial charge in [0, 0.05) is 20.6 Å². The van der Waals surface area contributed by atoms with E-state index in [2.05, 4.69) is 11.9 Å². The number of amides is 1. The zero-order valence-electron chi connectivity index (χ0n) is 20.5. The average Bonchev–Trinajstić information content (AvgIpc) is 3.18. The molecule has 2 heterocycles. The van der Waals surface area contributed by atoms with Crippen LogP contribution in [0.5, 0.6) is 5.75 Å². The van der Waals surface area contributed by atoms with Gasteiger partial charge in [-0.15, -0.1) is 0 Å². The fraction of sp³-hybridized carbons (Fsp3) is 0.346. The Kier molecular flexibility index (Phi) is 6.64. The molecular formula is C26H28F4N4O2. The Morgan fingerprint density at radius 3 is 2.39 bits per heavy atom. The van der Waals surface area contributed by atoms with E-state index in [-0.39, 0.29) is 17.2 Å². The number of hydrogen-bond donors (Lipinski definition) is 1. The quantitative estimate of drug-likeness (QED) is 0.568. The Morgan fingerprint density at radius 1 is 1.11 bits per heavy atom. The van der Waals surface area contributed by atoms with E-state index >= 15 is 0 Å². The molecule has 0 aromatic heterocycles. The Labute approximate surface area is 207 Å². The minimum Gasteiger partial charge on any atom is -0.452 e. The molecule has 10 heteroatoms. The maximum atomic E-state index is 14.0. The largest absolute Gasteiger partial charge is 0.452 e. The van der Waals surface area contributed by atoms with Crippen molar-refractivity contribution in [3.05, 3.63) is 88.6 Å². The van der Waals surface area contributed by atoms with Crippen molar-refractivity contribution in [1.29, 1.82) is 0 Å². The fourth-order valence-corrected chi connectivity index (χ4v) is 4.17. The number of nitrogens with one attached hydrogen (secondary N) is 1. The molecule has 2 unspecified atom stereocenters. The van der Waals surface area contributed by atoms with Gasteiger partial charge >= 0.3 is 6.18 Å². The molecule has 0 saturated heterocycles. The molecular weight excluding hydrogens is 476 g/mol. The molecule has 36 heavy (non-hydrogen) atoms. The summed E-state index contributed by atoms with van der Waals surface area (Å²) >= 11 is 0. The topological polar surface area (TPSA) is 48.1 Å². The van der Waals surface area contributed by atoms with Gasteiger partial charge in [-0.05, 0) is 49.6 Å². The smallest absolute Gasteiger partial charge is 0.416 e. The third kappa shape index (κ3) is 4.84. The lowest BCUT2D eigenvalue weighted by Gasteiger charge is -2.35. The summed E-state index contributed by atoms with van der Waals surface area (Å²) in [7, 11) is 3.32. The van der Waals surface area contributed by atoms with Crippen LogP contribution in [0.4, 0.5) is 17.6 Å². The summed E-state index contributed by atoms with van der Waals surface area (Å²) in [6, 6.07) is 10.8. The van der Waals surface area contributed by atoms with Crippen LogP contribution in [0.2, 0.25) is 0 Å². The van der Waals surface area contributed by atoms with Crippen molar-refractivity contribution < 1.29 is 27.1 Å². The number of rotatable bonds is 6. The highest BCUT2D eigenvalue weighted by molar-refractivity contribution is 5.96. The van der Waals surface area contributed by atoms with Crippen molar-refractivity contribution in [3.63, 3.8) is 0 Å². The molecule has 0 aliphatic carbocycles. The van der Waals surface area contributed by atoms with E-state index in [1.165, 1.54) is 11.0 Å². The van der Waals surface area contributed by atoms with Crippen LogP contribution in [0.1, 0.15) is 35.3 Å². The van der Waals surface area contributed by atoms with Crippen LogP contribution in [-0.2, 0) is 17.4 Å². The summed E-state index contributed by atoms with van der Waals surface area (Å²) in [5.41, 5.74) is 1.29. The summed E-state index contributed by atoms with van der Waals surface area (Å²) in [5.74, 6) is 0.378. The lowest BCUT2D eigenvalue weighted by atomic mass is 10.1. The number of halogens is 4. The zero-order valence-corrected chi connectivity index (χ0v) is 20.5. The molecule has 0 fully saturated rings. The first kappa shape index (κ1) is 25.4. The number of alkyl halides is 4. The molecule has 192 valence electrons. The first-order valence-electron chi connectivity index (χ1n) is 11.4. The summed E-state index contributed by atoms with van der Waals surface area (Å²) in [6.07, 6.45) is -6.75. The summed E-state index contributed by atoms with van der Waals surface area (Å²) in [5, 5.41) is 3.10. The average molecular weight is 505 g/mol. The third-order valence-electron chi connectivity index (χ3n) is 6.40. The minimum atomic E-state index is -4.68. The number of nitrogens with zero attached hydrogens (tertiary/aromatic N) is 3. The second-order valence-electron chi connectivity index (χ2n) is 8.98. The molecule has 6 nitrogen and oxygen atoms in total. The Hall–Kier alpha value is -3.69. The molecule has 2 aromatic rings. The minimum absolute atomic E-state index is 0.150. The SMILES string of the molecule is C=C1N(C)C(=O)C2=C(NC(Oc3cc(C(C)F)cc(C(F)(F)F)c3)N2CCc2ccc(C)cc2)N1C. The number of ether oxygens (including phenoxy) is 1. The number of likely N-dealkylation sites (N-methyl/N-ethyl adjacent to an activating group) is 1. The molecule has 1 amide bonds. The molecule has 2 aliphatic heterocycles. The molecule has 0 radical (unpaired) electrons.